The highest BCUT2D eigenvalue weighted by molar-refractivity contribution is 5.91. The molecular formula is C18H28N4O8. The fourth-order valence-corrected chi connectivity index (χ4v) is 2.41. The number of nitrogens with zero attached hydrogens (tertiary/aromatic N) is 2. The van der Waals surface area contributed by atoms with Crippen molar-refractivity contribution in [3.8, 4) is 0 Å². The van der Waals surface area contributed by atoms with Crippen LogP contribution in [0.1, 0.15) is 5.56 Å². The van der Waals surface area contributed by atoms with Crippen LogP contribution in [0.4, 0.5) is 5.69 Å². The molecule has 0 heterocycles. The van der Waals surface area contributed by atoms with Crippen LogP contribution in [0.5, 0.6) is 0 Å². The SMILES string of the molecule is CNc1cccc(CCNC(=O)CN(C)C(=O)/C=C/CN(C(O)(O)O)C(O)(O)O)c1. The minimum atomic E-state index is -3.76. The first-order chi connectivity index (χ1) is 13.8. The average Bonchev–Trinajstić information content (AvgIpc) is 2.63. The molecule has 1 rings (SSSR count). The fraction of sp³-hybridized carbons (Fsp3) is 0.444. The van der Waals surface area contributed by atoms with Gasteiger partial charge in [0.1, 0.15) is 0 Å². The van der Waals surface area contributed by atoms with Crippen LogP contribution in [-0.4, -0.2) is 98.2 Å². The van der Waals surface area contributed by atoms with E-state index in [4.69, 9.17) is 30.6 Å². The molecule has 1 aromatic rings. The number of hydrogen-bond acceptors (Lipinski definition) is 10. The molecule has 8 N–H and O–H groups in total. The Bertz CT molecular complexity index is 728. The first-order valence-corrected chi connectivity index (χ1v) is 8.91. The molecule has 0 spiro atoms. The molecule has 2 amide bonds. The molecule has 0 aliphatic heterocycles. The zero-order chi connectivity index (χ0) is 22.9. The summed E-state index contributed by atoms with van der Waals surface area (Å²) < 4.78 is 0. The summed E-state index contributed by atoms with van der Waals surface area (Å²) in [7, 11) is 3.16. The summed E-state index contributed by atoms with van der Waals surface area (Å²) in [6.07, 6.45) is -5.11. The van der Waals surface area contributed by atoms with Crippen molar-refractivity contribution in [2.24, 2.45) is 0 Å². The molecule has 0 aliphatic carbocycles. The van der Waals surface area contributed by atoms with Crippen LogP contribution < -0.4 is 10.6 Å². The van der Waals surface area contributed by atoms with E-state index in [-0.39, 0.29) is 11.4 Å². The summed E-state index contributed by atoms with van der Waals surface area (Å²) in [4.78, 5) is 24.7. The van der Waals surface area contributed by atoms with Crippen LogP contribution in [0.3, 0.4) is 0 Å². The van der Waals surface area contributed by atoms with Crippen LogP contribution >= 0.6 is 0 Å². The Morgan fingerprint density at radius 2 is 1.73 bits per heavy atom. The lowest BCUT2D eigenvalue weighted by atomic mass is 10.1. The van der Waals surface area contributed by atoms with E-state index in [0.717, 1.165) is 28.3 Å². The summed E-state index contributed by atoms with van der Waals surface area (Å²) in [5.41, 5.74) is 1.98. The Morgan fingerprint density at radius 3 is 2.30 bits per heavy atom. The van der Waals surface area contributed by atoms with Crippen molar-refractivity contribution in [3.05, 3.63) is 42.0 Å². The maximum atomic E-state index is 12.0. The smallest absolute Gasteiger partial charge is 0.352 e. The number of amides is 2. The average molecular weight is 428 g/mol. The second kappa shape index (κ2) is 11.0. The van der Waals surface area contributed by atoms with E-state index in [1.165, 1.54) is 7.05 Å². The lowest BCUT2D eigenvalue weighted by Crippen LogP contribution is -2.61. The molecule has 0 unspecified atom stereocenters. The number of hydrogen-bond donors (Lipinski definition) is 8. The van der Waals surface area contributed by atoms with E-state index in [9.17, 15) is 9.59 Å². The summed E-state index contributed by atoms with van der Waals surface area (Å²) in [5.74, 6) is -1.06. The number of aliphatic hydroxyl groups is 6. The van der Waals surface area contributed by atoms with Gasteiger partial charge in [-0.2, -0.15) is 0 Å². The van der Waals surface area contributed by atoms with Gasteiger partial charge in [0.25, 0.3) is 0 Å². The second-order valence-corrected chi connectivity index (χ2v) is 6.46. The Kier molecular flexibility index (Phi) is 9.32. The van der Waals surface area contributed by atoms with Gasteiger partial charge < -0.3 is 46.2 Å². The monoisotopic (exact) mass is 428 g/mol. The van der Waals surface area contributed by atoms with Crippen molar-refractivity contribution in [2.75, 3.05) is 39.0 Å². The molecule has 0 aromatic heterocycles. The molecule has 12 heteroatoms. The molecule has 1 aromatic carbocycles. The molecule has 0 atom stereocenters. The third-order valence-electron chi connectivity index (χ3n) is 3.98. The maximum absolute atomic E-state index is 12.0. The van der Waals surface area contributed by atoms with E-state index in [2.05, 4.69) is 10.6 Å². The zero-order valence-electron chi connectivity index (χ0n) is 16.7. The maximum Gasteiger partial charge on any atom is 0.352 e. The summed E-state index contributed by atoms with van der Waals surface area (Å²) in [6.45, 7) is -0.711. The topological polar surface area (TPSA) is 186 Å². The zero-order valence-corrected chi connectivity index (χ0v) is 16.7. The van der Waals surface area contributed by atoms with Gasteiger partial charge in [-0.05, 0) is 24.1 Å². The first-order valence-electron chi connectivity index (χ1n) is 8.91. The Labute approximate surface area is 173 Å². The summed E-state index contributed by atoms with van der Waals surface area (Å²) in [5, 5.41) is 59.5. The van der Waals surface area contributed by atoms with Crippen molar-refractivity contribution in [3.63, 3.8) is 0 Å². The summed E-state index contributed by atoms with van der Waals surface area (Å²) in [6, 6.07) is 7.69. The van der Waals surface area contributed by atoms with Gasteiger partial charge in [0, 0.05) is 38.9 Å². The standard InChI is InChI=1S/C18H28N4O8/c1-19-14-6-3-5-13(11-14)8-9-20-15(23)12-21(2)16(24)7-4-10-22(17(25,26)27)18(28,29)30/h3-7,11,19,25-30H,8-10,12H2,1-2H3,(H,20,23)/b7-4+. The van der Waals surface area contributed by atoms with E-state index >= 15 is 0 Å². The molecule has 0 saturated heterocycles. The highest BCUT2D eigenvalue weighted by atomic mass is 16.8. The molecule has 168 valence electrons. The van der Waals surface area contributed by atoms with E-state index in [1.807, 2.05) is 24.3 Å². The third kappa shape index (κ3) is 8.84. The number of likely N-dealkylation sites (N-methyl/N-ethyl adjacent to an activating group) is 1. The Balaban J connectivity index is 2.47. The van der Waals surface area contributed by atoms with Gasteiger partial charge in [-0.1, -0.05) is 18.2 Å². The van der Waals surface area contributed by atoms with Crippen LogP contribution in [0.2, 0.25) is 0 Å². The highest BCUT2D eigenvalue weighted by Gasteiger charge is 2.43. The second-order valence-electron chi connectivity index (χ2n) is 6.46. The predicted molar refractivity (Wildman–Crippen MR) is 105 cm³/mol. The molecule has 12 nitrogen and oxygen atoms in total. The van der Waals surface area contributed by atoms with Gasteiger partial charge in [0.2, 0.25) is 11.8 Å². The normalized spacial score (nSPS) is 12.3. The van der Waals surface area contributed by atoms with E-state index < -0.39 is 30.6 Å². The molecule has 0 fully saturated rings. The lowest BCUT2D eigenvalue weighted by molar-refractivity contribution is -0.507. The van der Waals surface area contributed by atoms with Crippen LogP contribution in [0.15, 0.2) is 36.4 Å². The fourth-order valence-electron chi connectivity index (χ4n) is 2.41. The Hall–Kier alpha value is -2.58. The Morgan fingerprint density at radius 1 is 1.10 bits per heavy atom. The number of nitrogens with one attached hydrogen (secondary N) is 2. The van der Waals surface area contributed by atoms with Gasteiger partial charge in [0.15, 0.2) is 0 Å². The number of carbonyl (C=O) groups is 2. The predicted octanol–water partition coefficient (Wildman–Crippen LogP) is -3.12. The number of carbonyl (C=O) groups excluding carboxylic acids is 2. The minimum absolute atomic E-state index is 0.253. The number of anilines is 1. The number of rotatable bonds is 11. The van der Waals surface area contributed by atoms with E-state index in [1.54, 1.807) is 7.05 Å². The molecule has 0 radical (unpaired) electrons. The van der Waals surface area contributed by atoms with Gasteiger partial charge in [0.05, 0.1) is 6.54 Å². The van der Waals surface area contributed by atoms with Crippen LogP contribution in [0, 0.1) is 0 Å². The molecular weight excluding hydrogens is 400 g/mol. The molecule has 30 heavy (non-hydrogen) atoms. The van der Waals surface area contributed by atoms with Gasteiger partial charge in [-0.3, -0.25) is 9.59 Å². The minimum Gasteiger partial charge on any atom is -0.388 e. The molecule has 0 bridgehead atoms. The van der Waals surface area contributed by atoms with Gasteiger partial charge in [-0.25, -0.2) is 0 Å². The first kappa shape index (κ1) is 25.5. The highest BCUT2D eigenvalue weighted by Crippen LogP contribution is 2.13. The summed E-state index contributed by atoms with van der Waals surface area (Å²) >= 11 is 0. The van der Waals surface area contributed by atoms with Crippen molar-refractivity contribution in [1.82, 2.24) is 15.1 Å². The lowest BCUT2D eigenvalue weighted by Gasteiger charge is -2.34. The van der Waals surface area contributed by atoms with Gasteiger partial charge in [-0.15, -0.1) is 4.90 Å². The number of benzene rings is 1. The largest absolute Gasteiger partial charge is 0.388 e. The van der Waals surface area contributed by atoms with Crippen molar-refractivity contribution >= 4 is 17.5 Å². The van der Waals surface area contributed by atoms with Gasteiger partial charge >= 0.3 is 12.2 Å². The quantitative estimate of drug-likeness (QED) is 0.132. The van der Waals surface area contributed by atoms with Crippen molar-refractivity contribution in [2.45, 2.75) is 18.6 Å². The van der Waals surface area contributed by atoms with E-state index in [0.29, 0.717) is 13.0 Å². The van der Waals surface area contributed by atoms with Crippen LogP contribution in [0.25, 0.3) is 0 Å². The molecule has 0 saturated carbocycles. The third-order valence-corrected chi connectivity index (χ3v) is 3.98. The van der Waals surface area contributed by atoms with Crippen LogP contribution in [-0.2, 0) is 16.0 Å². The van der Waals surface area contributed by atoms with Crippen molar-refractivity contribution in [1.29, 1.82) is 0 Å². The van der Waals surface area contributed by atoms with Crippen molar-refractivity contribution < 1.29 is 40.2 Å². The molecule has 0 aliphatic rings.